The summed E-state index contributed by atoms with van der Waals surface area (Å²) in [6, 6.07) is 5.94. The molecule has 0 fully saturated rings. The molecule has 0 saturated carbocycles. The van der Waals surface area contributed by atoms with Gasteiger partial charge in [-0.1, -0.05) is 6.07 Å². The molecule has 2 rings (SSSR count). The second kappa shape index (κ2) is 2.81. The van der Waals surface area contributed by atoms with Gasteiger partial charge in [0.1, 0.15) is 11.6 Å². The Morgan fingerprint density at radius 2 is 2.15 bits per heavy atom. The number of nitrogen functional groups attached to an aromatic ring is 2. The first-order valence-corrected chi connectivity index (χ1v) is 4.82. The highest BCUT2D eigenvalue weighted by atomic mass is 32.1. The van der Waals surface area contributed by atoms with Crippen LogP contribution in [0.1, 0.15) is 0 Å². The van der Waals surface area contributed by atoms with Crippen molar-refractivity contribution in [3.63, 3.8) is 0 Å². The van der Waals surface area contributed by atoms with Crippen molar-refractivity contribution < 1.29 is 0 Å². The van der Waals surface area contributed by atoms with Crippen LogP contribution in [0.2, 0.25) is 0 Å². The standard InChI is InChI=1S/C9H11N3S/c1-12-8(10)5-6(9(12)11)7-3-2-4-13-7/h2-5H,10-11H2,1H3. The van der Waals surface area contributed by atoms with Gasteiger partial charge in [-0.05, 0) is 17.5 Å². The van der Waals surface area contributed by atoms with Crippen molar-refractivity contribution in [3.8, 4) is 10.4 Å². The molecule has 0 spiro atoms. The molecule has 0 amide bonds. The van der Waals surface area contributed by atoms with E-state index in [-0.39, 0.29) is 0 Å². The van der Waals surface area contributed by atoms with Crippen molar-refractivity contribution in [1.29, 1.82) is 0 Å². The number of nitrogens with zero attached hydrogens (tertiary/aromatic N) is 1. The number of aromatic nitrogens is 1. The van der Waals surface area contributed by atoms with Crippen LogP contribution in [0.25, 0.3) is 10.4 Å². The van der Waals surface area contributed by atoms with Gasteiger partial charge < -0.3 is 16.0 Å². The van der Waals surface area contributed by atoms with Crippen molar-refractivity contribution in [2.24, 2.45) is 7.05 Å². The number of anilines is 2. The van der Waals surface area contributed by atoms with Gasteiger partial charge in [0.2, 0.25) is 0 Å². The van der Waals surface area contributed by atoms with Gasteiger partial charge in [0, 0.05) is 17.5 Å². The quantitative estimate of drug-likeness (QED) is 0.727. The van der Waals surface area contributed by atoms with Gasteiger partial charge in [0.15, 0.2) is 0 Å². The molecule has 13 heavy (non-hydrogen) atoms. The van der Waals surface area contributed by atoms with E-state index >= 15 is 0 Å². The first-order valence-electron chi connectivity index (χ1n) is 3.94. The molecule has 2 aromatic heterocycles. The monoisotopic (exact) mass is 193 g/mol. The van der Waals surface area contributed by atoms with Gasteiger partial charge in [-0.25, -0.2) is 0 Å². The number of rotatable bonds is 1. The summed E-state index contributed by atoms with van der Waals surface area (Å²) in [5.41, 5.74) is 12.6. The third kappa shape index (κ3) is 1.19. The Bertz CT molecular complexity index is 414. The van der Waals surface area contributed by atoms with E-state index in [1.807, 2.05) is 30.6 Å². The molecule has 0 aliphatic rings. The van der Waals surface area contributed by atoms with Crippen LogP contribution in [0.3, 0.4) is 0 Å². The maximum absolute atomic E-state index is 5.88. The molecule has 0 saturated heterocycles. The topological polar surface area (TPSA) is 57.0 Å². The third-order valence-electron chi connectivity index (χ3n) is 2.10. The number of nitrogens with two attached hydrogens (primary N) is 2. The van der Waals surface area contributed by atoms with Gasteiger partial charge in [-0.15, -0.1) is 11.3 Å². The average molecular weight is 193 g/mol. The van der Waals surface area contributed by atoms with Crippen molar-refractivity contribution in [1.82, 2.24) is 4.57 Å². The summed E-state index contributed by atoms with van der Waals surface area (Å²) in [4.78, 5) is 1.16. The average Bonchev–Trinajstić information content (AvgIpc) is 2.70. The van der Waals surface area contributed by atoms with E-state index in [0.29, 0.717) is 5.82 Å². The Morgan fingerprint density at radius 1 is 1.38 bits per heavy atom. The molecular formula is C9H11N3S. The van der Waals surface area contributed by atoms with Crippen LogP contribution in [0.4, 0.5) is 11.6 Å². The van der Waals surface area contributed by atoms with Crippen LogP contribution in [0, 0.1) is 0 Å². The Kier molecular flexibility index (Phi) is 1.77. The first-order chi connectivity index (χ1) is 6.20. The van der Waals surface area contributed by atoms with Crippen LogP contribution in [-0.2, 0) is 7.05 Å². The van der Waals surface area contributed by atoms with Gasteiger partial charge in [-0.3, -0.25) is 0 Å². The molecular weight excluding hydrogens is 182 g/mol. The van der Waals surface area contributed by atoms with E-state index in [1.165, 1.54) is 0 Å². The second-order valence-electron chi connectivity index (χ2n) is 2.90. The van der Waals surface area contributed by atoms with E-state index < -0.39 is 0 Å². The molecule has 0 aliphatic heterocycles. The minimum absolute atomic E-state index is 0.695. The van der Waals surface area contributed by atoms with Gasteiger partial charge >= 0.3 is 0 Å². The lowest BCUT2D eigenvalue weighted by Crippen LogP contribution is -2.00. The van der Waals surface area contributed by atoms with Crippen LogP contribution in [0.15, 0.2) is 23.6 Å². The zero-order chi connectivity index (χ0) is 9.42. The smallest absolute Gasteiger partial charge is 0.113 e. The van der Waals surface area contributed by atoms with E-state index in [4.69, 9.17) is 11.5 Å². The van der Waals surface area contributed by atoms with E-state index in [1.54, 1.807) is 15.9 Å². The van der Waals surface area contributed by atoms with Crippen LogP contribution in [-0.4, -0.2) is 4.57 Å². The van der Waals surface area contributed by atoms with Crippen LogP contribution in [0.5, 0.6) is 0 Å². The van der Waals surface area contributed by atoms with Crippen molar-refractivity contribution >= 4 is 23.0 Å². The summed E-state index contributed by atoms with van der Waals surface area (Å²) < 4.78 is 1.79. The third-order valence-corrected chi connectivity index (χ3v) is 3.01. The molecule has 0 aromatic carbocycles. The lowest BCUT2D eigenvalue weighted by Gasteiger charge is -1.99. The SMILES string of the molecule is Cn1c(N)cc(-c2cccs2)c1N. The number of hydrogen-bond acceptors (Lipinski definition) is 3. The predicted molar refractivity (Wildman–Crippen MR) is 57.6 cm³/mol. The molecule has 2 heterocycles. The normalized spacial score (nSPS) is 10.5. The van der Waals surface area contributed by atoms with Crippen molar-refractivity contribution in [3.05, 3.63) is 23.6 Å². The summed E-state index contributed by atoms with van der Waals surface area (Å²) in [6.45, 7) is 0. The van der Waals surface area contributed by atoms with Crippen LogP contribution < -0.4 is 11.5 Å². The Labute approximate surface area is 80.6 Å². The summed E-state index contributed by atoms with van der Waals surface area (Å²) >= 11 is 1.66. The van der Waals surface area contributed by atoms with E-state index in [2.05, 4.69) is 0 Å². The Balaban J connectivity index is 2.59. The fraction of sp³-hybridized carbons (Fsp3) is 0.111. The molecule has 0 atom stereocenters. The molecule has 0 bridgehead atoms. The van der Waals surface area contributed by atoms with E-state index in [9.17, 15) is 0 Å². The van der Waals surface area contributed by atoms with Gasteiger partial charge in [-0.2, -0.15) is 0 Å². The minimum Gasteiger partial charge on any atom is -0.385 e. The van der Waals surface area contributed by atoms with Gasteiger partial charge in [0.05, 0.1) is 0 Å². The highest BCUT2D eigenvalue weighted by Gasteiger charge is 2.09. The lowest BCUT2D eigenvalue weighted by atomic mass is 10.2. The Morgan fingerprint density at radius 3 is 2.62 bits per heavy atom. The maximum Gasteiger partial charge on any atom is 0.113 e. The maximum atomic E-state index is 5.88. The summed E-state index contributed by atoms with van der Waals surface area (Å²) in [5.74, 6) is 1.42. The lowest BCUT2D eigenvalue weighted by molar-refractivity contribution is 0.955. The molecule has 2 aromatic rings. The zero-order valence-corrected chi connectivity index (χ0v) is 8.14. The summed E-state index contributed by atoms with van der Waals surface area (Å²) in [5, 5.41) is 2.03. The highest BCUT2D eigenvalue weighted by Crippen LogP contribution is 2.32. The molecule has 0 radical (unpaired) electrons. The number of thiophene rings is 1. The second-order valence-corrected chi connectivity index (χ2v) is 3.85. The molecule has 3 nitrogen and oxygen atoms in total. The fourth-order valence-corrected chi connectivity index (χ4v) is 2.02. The fourth-order valence-electron chi connectivity index (χ4n) is 1.27. The zero-order valence-electron chi connectivity index (χ0n) is 7.32. The van der Waals surface area contributed by atoms with E-state index in [0.717, 1.165) is 16.3 Å². The molecule has 68 valence electrons. The molecule has 0 aliphatic carbocycles. The number of hydrogen-bond donors (Lipinski definition) is 2. The van der Waals surface area contributed by atoms with Gasteiger partial charge in [0.25, 0.3) is 0 Å². The highest BCUT2D eigenvalue weighted by molar-refractivity contribution is 7.13. The molecule has 4 N–H and O–H groups in total. The minimum atomic E-state index is 0.695. The Hall–Kier alpha value is -1.42. The predicted octanol–water partition coefficient (Wildman–Crippen LogP) is 1.92. The van der Waals surface area contributed by atoms with Crippen LogP contribution >= 0.6 is 11.3 Å². The molecule has 4 heteroatoms. The summed E-state index contributed by atoms with van der Waals surface area (Å²) in [6.07, 6.45) is 0. The largest absolute Gasteiger partial charge is 0.385 e. The van der Waals surface area contributed by atoms with Crippen molar-refractivity contribution in [2.75, 3.05) is 11.5 Å². The first kappa shape index (κ1) is 8.19. The summed E-state index contributed by atoms with van der Waals surface area (Å²) in [7, 11) is 1.86. The molecule has 0 unspecified atom stereocenters. The van der Waals surface area contributed by atoms with Crippen molar-refractivity contribution in [2.45, 2.75) is 0 Å².